The molecule has 66 valence electrons. The van der Waals surface area contributed by atoms with Gasteiger partial charge in [-0.25, -0.2) is 0 Å². The zero-order valence-corrected chi connectivity index (χ0v) is 7.55. The summed E-state index contributed by atoms with van der Waals surface area (Å²) in [6.07, 6.45) is 1.61. The van der Waals surface area contributed by atoms with Crippen molar-refractivity contribution in [2.75, 3.05) is 0 Å². The third-order valence-electron chi connectivity index (χ3n) is 1.57. The van der Waals surface area contributed by atoms with Crippen LogP contribution in [-0.2, 0) is 4.79 Å². The standard InChI is InChI=1S/C8H18N2O/c1-8(2,3)5-4-6(9)7(10)11/h6H,4-5,9H2,1-3H3,(H2,10,11)/t6-/m1/s1. The lowest BCUT2D eigenvalue weighted by Gasteiger charge is -2.19. The molecule has 0 radical (unpaired) electrons. The van der Waals surface area contributed by atoms with Crippen molar-refractivity contribution in [1.82, 2.24) is 0 Å². The van der Waals surface area contributed by atoms with Crippen LogP contribution in [0.25, 0.3) is 0 Å². The van der Waals surface area contributed by atoms with Gasteiger partial charge in [-0.1, -0.05) is 20.8 Å². The highest BCUT2D eigenvalue weighted by Gasteiger charge is 2.15. The predicted molar refractivity (Wildman–Crippen MR) is 45.9 cm³/mol. The highest BCUT2D eigenvalue weighted by molar-refractivity contribution is 5.79. The SMILES string of the molecule is CC(C)(C)CC[C@@H](N)C(N)=O. The molecule has 0 bridgehead atoms. The van der Waals surface area contributed by atoms with Crippen LogP contribution in [0.15, 0.2) is 0 Å². The maximum absolute atomic E-state index is 10.5. The Bertz CT molecular complexity index is 138. The van der Waals surface area contributed by atoms with Gasteiger partial charge in [0.15, 0.2) is 0 Å². The van der Waals surface area contributed by atoms with Crippen molar-refractivity contribution in [3.05, 3.63) is 0 Å². The summed E-state index contributed by atoms with van der Waals surface area (Å²) < 4.78 is 0. The van der Waals surface area contributed by atoms with Crippen LogP contribution in [0.1, 0.15) is 33.6 Å². The van der Waals surface area contributed by atoms with E-state index >= 15 is 0 Å². The normalized spacial score (nSPS) is 14.5. The smallest absolute Gasteiger partial charge is 0.234 e. The molecule has 0 spiro atoms. The minimum atomic E-state index is -0.478. The predicted octanol–water partition coefficient (Wildman–Crippen LogP) is 0.625. The number of rotatable bonds is 3. The molecule has 0 aliphatic heterocycles. The molecule has 0 fully saturated rings. The van der Waals surface area contributed by atoms with E-state index in [1.807, 2.05) is 0 Å². The molecule has 3 heteroatoms. The molecule has 1 atom stereocenters. The summed E-state index contributed by atoms with van der Waals surface area (Å²) in [5.74, 6) is -0.408. The lowest BCUT2D eigenvalue weighted by atomic mass is 9.89. The molecule has 0 saturated heterocycles. The summed E-state index contributed by atoms with van der Waals surface area (Å²) in [5.41, 5.74) is 10.7. The summed E-state index contributed by atoms with van der Waals surface area (Å²) in [4.78, 5) is 10.5. The second-order valence-corrected chi connectivity index (χ2v) is 4.11. The van der Waals surface area contributed by atoms with Crippen LogP contribution in [0.2, 0.25) is 0 Å². The van der Waals surface area contributed by atoms with Gasteiger partial charge in [0.1, 0.15) is 0 Å². The molecule has 3 nitrogen and oxygen atoms in total. The second-order valence-electron chi connectivity index (χ2n) is 4.11. The zero-order valence-electron chi connectivity index (χ0n) is 7.55. The number of carbonyl (C=O) groups excluding carboxylic acids is 1. The molecule has 0 rings (SSSR count). The molecular formula is C8H18N2O. The first-order valence-corrected chi connectivity index (χ1v) is 3.88. The molecule has 0 aromatic rings. The average molecular weight is 158 g/mol. The molecule has 0 aliphatic rings. The van der Waals surface area contributed by atoms with Gasteiger partial charge in [0.05, 0.1) is 6.04 Å². The van der Waals surface area contributed by atoms with Crippen LogP contribution in [0.5, 0.6) is 0 Å². The van der Waals surface area contributed by atoms with Gasteiger partial charge in [-0.2, -0.15) is 0 Å². The van der Waals surface area contributed by atoms with Crippen LogP contribution >= 0.6 is 0 Å². The van der Waals surface area contributed by atoms with Crippen LogP contribution < -0.4 is 11.5 Å². The highest BCUT2D eigenvalue weighted by Crippen LogP contribution is 2.20. The first kappa shape index (κ1) is 10.4. The largest absolute Gasteiger partial charge is 0.368 e. The van der Waals surface area contributed by atoms with Crippen LogP contribution in [-0.4, -0.2) is 11.9 Å². The Hall–Kier alpha value is -0.570. The van der Waals surface area contributed by atoms with Crippen molar-refractivity contribution >= 4 is 5.91 Å². The summed E-state index contributed by atoms with van der Waals surface area (Å²) in [5, 5.41) is 0. The summed E-state index contributed by atoms with van der Waals surface area (Å²) >= 11 is 0. The molecule has 0 saturated carbocycles. The number of amides is 1. The van der Waals surface area contributed by atoms with Gasteiger partial charge in [-0.3, -0.25) is 4.79 Å². The van der Waals surface area contributed by atoms with Gasteiger partial charge >= 0.3 is 0 Å². The van der Waals surface area contributed by atoms with Crippen LogP contribution in [0.3, 0.4) is 0 Å². The Morgan fingerprint density at radius 3 is 2.18 bits per heavy atom. The fourth-order valence-electron chi connectivity index (χ4n) is 0.731. The Labute approximate surface area is 68.1 Å². The topological polar surface area (TPSA) is 69.1 Å². The fourth-order valence-corrected chi connectivity index (χ4v) is 0.731. The van der Waals surface area contributed by atoms with Gasteiger partial charge in [0.2, 0.25) is 5.91 Å². The Balaban J connectivity index is 3.63. The van der Waals surface area contributed by atoms with Crippen molar-refractivity contribution in [2.24, 2.45) is 16.9 Å². The third-order valence-corrected chi connectivity index (χ3v) is 1.57. The molecule has 0 aromatic heterocycles. The molecule has 0 aliphatic carbocycles. The van der Waals surface area contributed by atoms with Crippen molar-refractivity contribution in [2.45, 2.75) is 39.7 Å². The van der Waals surface area contributed by atoms with Gasteiger partial charge < -0.3 is 11.5 Å². The van der Waals surface area contributed by atoms with Crippen molar-refractivity contribution in [3.8, 4) is 0 Å². The third kappa shape index (κ3) is 5.85. The van der Waals surface area contributed by atoms with Gasteiger partial charge in [-0.15, -0.1) is 0 Å². The number of primary amides is 1. The van der Waals surface area contributed by atoms with Gasteiger partial charge in [-0.05, 0) is 18.3 Å². The van der Waals surface area contributed by atoms with Crippen LogP contribution in [0.4, 0.5) is 0 Å². The first-order valence-electron chi connectivity index (χ1n) is 3.88. The summed E-state index contributed by atoms with van der Waals surface area (Å²) in [6.45, 7) is 6.34. The van der Waals surface area contributed by atoms with E-state index in [4.69, 9.17) is 11.5 Å². The lowest BCUT2D eigenvalue weighted by Crippen LogP contribution is -2.36. The molecule has 0 heterocycles. The minimum absolute atomic E-state index is 0.229. The number of carbonyl (C=O) groups is 1. The number of hydrogen-bond donors (Lipinski definition) is 2. The second kappa shape index (κ2) is 3.72. The highest BCUT2D eigenvalue weighted by atomic mass is 16.1. The van der Waals surface area contributed by atoms with E-state index in [9.17, 15) is 4.79 Å². The summed E-state index contributed by atoms with van der Waals surface area (Å²) in [6, 6.07) is -0.478. The molecule has 0 aromatic carbocycles. The monoisotopic (exact) mass is 158 g/mol. The molecule has 11 heavy (non-hydrogen) atoms. The average Bonchev–Trinajstić information content (AvgIpc) is 1.80. The molecular weight excluding hydrogens is 140 g/mol. The van der Waals surface area contributed by atoms with Crippen molar-refractivity contribution in [3.63, 3.8) is 0 Å². The zero-order chi connectivity index (χ0) is 9.07. The van der Waals surface area contributed by atoms with Gasteiger partial charge in [0, 0.05) is 0 Å². The van der Waals surface area contributed by atoms with E-state index in [-0.39, 0.29) is 5.41 Å². The maximum atomic E-state index is 10.5. The van der Waals surface area contributed by atoms with E-state index in [1.54, 1.807) is 0 Å². The molecule has 0 unspecified atom stereocenters. The molecule has 1 amide bonds. The number of hydrogen-bond acceptors (Lipinski definition) is 2. The van der Waals surface area contributed by atoms with E-state index in [0.717, 1.165) is 6.42 Å². The van der Waals surface area contributed by atoms with E-state index in [0.29, 0.717) is 6.42 Å². The van der Waals surface area contributed by atoms with E-state index in [1.165, 1.54) is 0 Å². The summed E-state index contributed by atoms with van der Waals surface area (Å²) in [7, 11) is 0. The van der Waals surface area contributed by atoms with E-state index in [2.05, 4.69) is 20.8 Å². The quantitative estimate of drug-likeness (QED) is 0.632. The Morgan fingerprint density at radius 2 is 1.91 bits per heavy atom. The fraction of sp³-hybridized carbons (Fsp3) is 0.875. The Morgan fingerprint density at radius 1 is 1.45 bits per heavy atom. The van der Waals surface area contributed by atoms with Crippen LogP contribution in [0, 0.1) is 5.41 Å². The molecule has 4 N–H and O–H groups in total. The van der Waals surface area contributed by atoms with Crippen molar-refractivity contribution in [1.29, 1.82) is 0 Å². The van der Waals surface area contributed by atoms with Gasteiger partial charge in [0.25, 0.3) is 0 Å². The van der Waals surface area contributed by atoms with E-state index < -0.39 is 11.9 Å². The Kier molecular flexibility index (Phi) is 3.52. The maximum Gasteiger partial charge on any atom is 0.234 e. The first-order chi connectivity index (χ1) is 4.83. The number of nitrogens with two attached hydrogens (primary N) is 2. The lowest BCUT2D eigenvalue weighted by molar-refractivity contribution is -0.119. The minimum Gasteiger partial charge on any atom is -0.368 e. The van der Waals surface area contributed by atoms with Crippen molar-refractivity contribution < 1.29 is 4.79 Å².